The lowest BCUT2D eigenvalue weighted by Crippen LogP contribution is -2.36. The van der Waals surface area contributed by atoms with E-state index in [1.54, 1.807) is 6.07 Å². The third-order valence-electron chi connectivity index (χ3n) is 4.65. The fraction of sp³-hybridized carbons (Fsp3) is 0.500. The number of carbonyl (C=O) groups excluding carboxylic acids is 1. The Balaban J connectivity index is 1.79. The Morgan fingerprint density at radius 2 is 2.04 bits per heavy atom. The van der Waals surface area contributed by atoms with E-state index in [2.05, 4.69) is 10.4 Å². The number of para-hydroxylation sites is 1. The van der Waals surface area contributed by atoms with Crippen LogP contribution >= 0.6 is 0 Å². The lowest BCUT2D eigenvalue weighted by atomic mass is 10.0. The molecule has 1 amide bonds. The van der Waals surface area contributed by atoms with Crippen LogP contribution in [-0.2, 0) is 11.2 Å². The summed E-state index contributed by atoms with van der Waals surface area (Å²) >= 11 is 0. The zero-order chi connectivity index (χ0) is 16.2. The van der Waals surface area contributed by atoms with Gasteiger partial charge in [0.25, 0.3) is 5.56 Å². The smallest absolute Gasteiger partial charge is 0.273 e. The number of hydrogen-bond acceptors (Lipinski definition) is 3. The van der Waals surface area contributed by atoms with Crippen molar-refractivity contribution in [1.29, 1.82) is 0 Å². The van der Waals surface area contributed by atoms with Gasteiger partial charge in [0.05, 0.1) is 10.9 Å². The number of nitrogens with zero attached hydrogens (tertiary/aromatic N) is 2. The molecule has 0 atom stereocenters. The maximum absolute atomic E-state index is 12.6. The standard InChI is InChI=1S/C18H23N3O2/c1-2-16-19-15-10-6-5-9-14(15)18(23)21(16)20-17(22)12-11-13-7-3-4-8-13/h5-6,9-10,13H,2-4,7-8,11-12H2,1H3,(H,20,22). The van der Waals surface area contributed by atoms with Gasteiger partial charge in [-0.05, 0) is 24.5 Å². The van der Waals surface area contributed by atoms with E-state index in [1.165, 1.54) is 30.4 Å². The first-order valence-electron chi connectivity index (χ1n) is 8.49. The number of hydrogen-bond donors (Lipinski definition) is 1. The molecule has 1 fully saturated rings. The Morgan fingerprint density at radius 3 is 2.78 bits per heavy atom. The summed E-state index contributed by atoms with van der Waals surface area (Å²) in [6, 6.07) is 7.23. The van der Waals surface area contributed by atoms with Crippen molar-refractivity contribution < 1.29 is 4.79 Å². The van der Waals surface area contributed by atoms with E-state index in [4.69, 9.17) is 0 Å². The van der Waals surface area contributed by atoms with E-state index in [1.807, 2.05) is 25.1 Å². The summed E-state index contributed by atoms with van der Waals surface area (Å²) in [6.07, 6.45) is 6.97. The Kier molecular flexibility index (Phi) is 4.74. The molecule has 0 spiro atoms. The summed E-state index contributed by atoms with van der Waals surface area (Å²) in [6.45, 7) is 1.93. The molecule has 0 aliphatic heterocycles. The highest BCUT2D eigenvalue weighted by Gasteiger charge is 2.17. The number of aryl methyl sites for hydroxylation is 1. The highest BCUT2D eigenvalue weighted by Crippen LogP contribution is 2.28. The van der Waals surface area contributed by atoms with Crippen molar-refractivity contribution in [3.05, 3.63) is 40.4 Å². The molecule has 23 heavy (non-hydrogen) atoms. The normalized spacial score (nSPS) is 15.2. The van der Waals surface area contributed by atoms with E-state index in [0.29, 0.717) is 35.5 Å². The molecular weight excluding hydrogens is 290 g/mol. The second kappa shape index (κ2) is 6.94. The van der Waals surface area contributed by atoms with Crippen molar-refractivity contribution in [2.75, 3.05) is 5.43 Å². The highest BCUT2D eigenvalue weighted by molar-refractivity contribution is 5.84. The zero-order valence-electron chi connectivity index (χ0n) is 13.5. The number of aromatic nitrogens is 2. The first kappa shape index (κ1) is 15.7. The van der Waals surface area contributed by atoms with Crippen LogP contribution in [0.15, 0.2) is 29.1 Å². The topological polar surface area (TPSA) is 64.0 Å². The molecule has 3 rings (SSSR count). The van der Waals surface area contributed by atoms with Crippen molar-refractivity contribution in [2.24, 2.45) is 5.92 Å². The van der Waals surface area contributed by atoms with Crippen molar-refractivity contribution in [3.8, 4) is 0 Å². The Morgan fingerprint density at radius 1 is 1.30 bits per heavy atom. The predicted molar refractivity (Wildman–Crippen MR) is 90.9 cm³/mol. The Bertz CT molecular complexity index is 760. The molecule has 2 aromatic rings. The van der Waals surface area contributed by atoms with Gasteiger partial charge in [-0.2, -0.15) is 0 Å². The van der Waals surface area contributed by atoms with Gasteiger partial charge in [-0.1, -0.05) is 44.7 Å². The predicted octanol–water partition coefficient (Wildman–Crippen LogP) is 3.00. The first-order chi connectivity index (χ1) is 11.2. The highest BCUT2D eigenvalue weighted by atomic mass is 16.2. The van der Waals surface area contributed by atoms with Crippen molar-refractivity contribution in [1.82, 2.24) is 9.66 Å². The van der Waals surface area contributed by atoms with E-state index in [9.17, 15) is 9.59 Å². The van der Waals surface area contributed by atoms with Crippen LogP contribution in [0.3, 0.4) is 0 Å². The lowest BCUT2D eigenvalue weighted by Gasteiger charge is -2.14. The van der Waals surface area contributed by atoms with Crippen LogP contribution < -0.4 is 11.0 Å². The van der Waals surface area contributed by atoms with E-state index in [-0.39, 0.29) is 11.5 Å². The number of carbonyl (C=O) groups is 1. The van der Waals surface area contributed by atoms with Gasteiger partial charge in [0, 0.05) is 12.8 Å². The molecule has 0 radical (unpaired) electrons. The summed E-state index contributed by atoms with van der Waals surface area (Å²) in [5.74, 6) is 1.14. The molecule has 5 heteroatoms. The summed E-state index contributed by atoms with van der Waals surface area (Å²) in [5, 5.41) is 0.529. The SMILES string of the molecule is CCc1nc2ccccc2c(=O)n1NC(=O)CCC1CCCC1. The number of rotatable bonds is 5. The molecule has 1 aromatic carbocycles. The largest absolute Gasteiger partial charge is 0.280 e. The molecule has 1 aromatic heterocycles. The fourth-order valence-corrected chi connectivity index (χ4v) is 3.35. The minimum absolute atomic E-state index is 0.106. The van der Waals surface area contributed by atoms with Crippen molar-refractivity contribution in [2.45, 2.75) is 51.9 Å². The van der Waals surface area contributed by atoms with Gasteiger partial charge in [-0.3, -0.25) is 15.0 Å². The third-order valence-corrected chi connectivity index (χ3v) is 4.65. The van der Waals surface area contributed by atoms with Crippen molar-refractivity contribution in [3.63, 3.8) is 0 Å². The molecule has 1 N–H and O–H groups in total. The summed E-state index contributed by atoms with van der Waals surface area (Å²) in [7, 11) is 0. The van der Waals surface area contributed by atoms with Crippen LogP contribution in [0.25, 0.3) is 10.9 Å². The maximum Gasteiger partial charge on any atom is 0.280 e. The molecular formula is C18H23N3O2. The van der Waals surface area contributed by atoms with Gasteiger partial charge in [0.15, 0.2) is 0 Å². The average Bonchev–Trinajstić information content (AvgIpc) is 3.09. The Hall–Kier alpha value is -2.17. The molecule has 1 heterocycles. The minimum Gasteiger partial charge on any atom is -0.273 e. The first-order valence-corrected chi connectivity index (χ1v) is 8.49. The number of benzene rings is 1. The lowest BCUT2D eigenvalue weighted by molar-refractivity contribution is -0.117. The molecule has 0 unspecified atom stereocenters. The monoisotopic (exact) mass is 313 g/mol. The van der Waals surface area contributed by atoms with Gasteiger partial charge in [-0.15, -0.1) is 0 Å². The van der Waals surface area contributed by atoms with Crippen LogP contribution in [0.2, 0.25) is 0 Å². The van der Waals surface area contributed by atoms with Crippen LogP contribution in [0.1, 0.15) is 51.3 Å². The second-order valence-electron chi connectivity index (χ2n) is 6.26. The van der Waals surface area contributed by atoms with E-state index >= 15 is 0 Å². The van der Waals surface area contributed by atoms with Crippen LogP contribution in [-0.4, -0.2) is 15.6 Å². The fourth-order valence-electron chi connectivity index (χ4n) is 3.35. The van der Waals surface area contributed by atoms with Gasteiger partial charge < -0.3 is 0 Å². The van der Waals surface area contributed by atoms with Gasteiger partial charge in [0.2, 0.25) is 5.91 Å². The van der Waals surface area contributed by atoms with Crippen LogP contribution in [0.5, 0.6) is 0 Å². The van der Waals surface area contributed by atoms with Crippen LogP contribution in [0, 0.1) is 5.92 Å². The van der Waals surface area contributed by atoms with E-state index < -0.39 is 0 Å². The quantitative estimate of drug-likeness (QED) is 0.923. The second-order valence-corrected chi connectivity index (χ2v) is 6.26. The number of nitrogens with one attached hydrogen (secondary N) is 1. The van der Waals surface area contributed by atoms with Crippen molar-refractivity contribution >= 4 is 16.8 Å². The third kappa shape index (κ3) is 3.44. The molecule has 0 saturated heterocycles. The van der Waals surface area contributed by atoms with Crippen LogP contribution in [0.4, 0.5) is 0 Å². The molecule has 1 aliphatic carbocycles. The maximum atomic E-state index is 12.6. The molecule has 1 aliphatic rings. The summed E-state index contributed by atoms with van der Waals surface area (Å²) in [4.78, 5) is 29.3. The zero-order valence-corrected chi connectivity index (χ0v) is 13.5. The average molecular weight is 313 g/mol. The minimum atomic E-state index is -0.207. The molecule has 122 valence electrons. The van der Waals surface area contributed by atoms with Gasteiger partial charge in [-0.25, -0.2) is 9.66 Å². The van der Waals surface area contributed by atoms with Gasteiger partial charge >= 0.3 is 0 Å². The van der Waals surface area contributed by atoms with E-state index in [0.717, 1.165) is 6.42 Å². The molecule has 5 nitrogen and oxygen atoms in total. The van der Waals surface area contributed by atoms with Gasteiger partial charge in [0.1, 0.15) is 5.82 Å². The summed E-state index contributed by atoms with van der Waals surface area (Å²) < 4.78 is 1.32. The molecule has 0 bridgehead atoms. The molecule has 1 saturated carbocycles. The number of fused-ring (bicyclic) bond motifs is 1. The Labute approximate surface area is 135 Å². The number of amides is 1. The summed E-state index contributed by atoms with van der Waals surface area (Å²) in [5.41, 5.74) is 3.21.